The van der Waals surface area contributed by atoms with Crippen LogP contribution in [0, 0.1) is 5.41 Å². The maximum Gasteiger partial charge on any atom is 0.228 e. The molecule has 0 aromatic heterocycles. The van der Waals surface area contributed by atoms with E-state index in [9.17, 15) is 15.0 Å². The van der Waals surface area contributed by atoms with Gasteiger partial charge in [0.15, 0.2) is 0 Å². The van der Waals surface area contributed by atoms with Gasteiger partial charge in [0, 0.05) is 12.0 Å². The number of nitrogens with zero attached hydrogens (tertiary/aromatic N) is 1. The minimum Gasteiger partial charge on any atom is -0.391 e. The van der Waals surface area contributed by atoms with Crippen LogP contribution >= 0.6 is 0 Å². The minimum absolute atomic E-state index is 0.0174. The van der Waals surface area contributed by atoms with Crippen molar-refractivity contribution in [2.24, 2.45) is 5.41 Å². The summed E-state index contributed by atoms with van der Waals surface area (Å²) in [6, 6.07) is -0.297. The van der Waals surface area contributed by atoms with Crippen LogP contribution in [0.25, 0.3) is 0 Å². The molecule has 2 N–H and O–H groups in total. The number of likely N-dealkylation sites (tertiary alicyclic amines) is 1. The largest absolute Gasteiger partial charge is 0.391 e. The minimum atomic E-state index is -0.974. The number of β-amino-alcohol motifs (C(OH)–C–C–N with tert-alkyl or cyclic N) is 1. The number of carbonyl (C=O) groups excluding carboxylic acids is 1. The van der Waals surface area contributed by atoms with Crippen LogP contribution in [0.5, 0.6) is 0 Å². The zero-order valence-electron chi connectivity index (χ0n) is 10.8. The Labute approximate surface area is 97.3 Å². The van der Waals surface area contributed by atoms with Crippen LogP contribution in [0.2, 0.25) is 0 Å². The SMILES string of the molecule is CC(C)(C)C(=O)N1CC(O)CC1C(C)(C)O. The molecule has 2 atom stereocenters. The molecule has 1 saturated heterocycles. The Morgan fingerprint density at radius 2 is 1.75 bits per heavy atom. The second-order valence-electron chi connectivity index (χ2n) is 6.27. The molecule has 0 aliphatic carbocycles. The molecule has 2 unspecified atom stereocenters. The van der Waals surface area contributed by atoms with E-state index in [0.717, 1.165) is 0 Å². The number of hydrogen-bond acceptors (Lipinski definition) is 3. The molecule has 1 aliphatic rings. The van der Waals surface area contributed by atoms with Crippen LogP contribution in [-0.2, 0) is 4.79 Å². The van der Waals surface area contributed by atoms with Crippen LogP contribution in [0.3, 0.4) is 0 Å². The third-order valence-electron chi connectivity index (χ3n) is 3.00. The first-order valence-corrected chi connectivity index (χ1v) is 5.75. The van der Waals surface area contributed by atoms with Crippen molar-refractivity contribution in [2.75, 3.05) is 6.54 Å². The quantitative estimate of drug-likeness (QED) is 0.698. The lowest BCUT2D eigenvalue weighted by Crippen LogP contribution is -2.51. The van der Waals surface area contributed by atoms with Crippen molar-refractivity contribution in [3.05, 3.63) is 0 Å². The molecule has 0 bridgehead atoms. The first-order valence-electron chi connectivity index (χ1n) is 5.75. The van der Waals surface area contributed by atoms with E-state index in [1.54, 1.807) is 18.7 Å². The standard InChI is InChI=1S/C12H23NO3/c1-11(2,3)10(15)13-7-8(14)6-9(13)12(4,5)16/h8-9,14,16H,6-7H2,1-5H3. The molecular formula is C12H23NO3. The molecule has 1 fully saturated rings. The normalized spacial score (nSPS) is 27.3. The summed E-state index contributed by atoms with van der Waals surface area (Å²) in [7, 11) is 0. The Morgan fingerprint density at radius 1 is 1.25 bits per heavy atom. The summed E-state index contributed by atoms with van der Waals surface area (Å²) in [5.41, 5.74) is -1.45. The van der Waals surface area contributed by atoms with Gasteiger partial charge in [0.05, 0.1) is 17.7 Å². The summed E-state index contributed by atoms with van der Waals surface area (Å²) in [5, 5.41) is 19.7. The summed E-state index contributed by atoms with van der Waals surface area (Å²) in [4.78, 5) is 13.8. The fourth-order valence-corrected chi connectivity index (χ4v) is 2.14. The molecular weight excluding hydrogens is 206 g/mol. The highest BCUT2D eigenvalue weighted by molar-refractivity contribution is 5.82. The van der Waals surface area contributed by atoms with E-state index in [0.29, 0.717) is 13.0 Å². The van der Waals surface area contributed by atoms with Gasteiger partial charge in [-0.15, -0.1) is 0 Å². The van der Waals surface area contributed by atoms with Gasteiger partial charge in [-0.25, -0.2) is 0 Å². The van der Waals surface area contributed by atoms with Crippen molar-refractivity contribution in [3.63, 3.8) is 0 Å². The van der Waals surface area contributed by atoms with E-state index in [4.69, 9.17) is 0 Å². The molecule has 0 aromatic rings. The molecule has 1 heterocycles. The lowest BCUT2D eigenvalue weighted by atomic mass is 9.91. The zero-order valence-corrected chi connectivity index (χ0v) is 10.8. The topological polar surface area (TPSA) is 60.8 Å². The first-order chi connectivity index (χ1) is 7.03. The van der Waals surface area contributed by atoms with E-state index in [1.165, 1.54) is 0 Å². The van der Waals surface area contributed by atoms with Gasteiger partial charge in [-0.1, -0.05) is 20.8 Å². The Kier molecular flexibility index (Phi) is 3.37. The lowest BCUT2D eigenvalue weighted by Gasteiger charge is -2.36. The second kappa shape index (κ2) is 4.00. The molecule has 4 heteroatoms. The van der Waals surface area contributed by atoms with Gasteiger partial charge in [0.1, 0.15) is 0 Å². The summed E-state index contributed by atoms with van der Waals surface area (Å²) >= 11 is 0. The average Bonchev–Trinajstić information content (AvgIpc) is 2.43. The van der Waals surface area contributed by atoms with Gasteiger partial charge in [-0.3, -0.25) is 4.79 Å². The van der Waals surface area contributed by atoms with E-state index >= 15 is 0 Å². The van der Waals surface area contributed by atoms with Crippen LogP contribution in [0.1, 0.15) is 41.0 Å². The highest BCUT2D eigenvalue weighted by atomic mass is 16.3. The van der Waals surface area contributed by atoms with E-state index in [2.05, 4.69) is 0 Å². The van der Waals surface area contributed by atoms with E-state index < -0.39 is 17.1 Å². The van der Waals surface area contributed by atoms with Gasteiger partial charge in [0.25, 0.3) is 0 Å². The zero-order chi connectivity index (χ0) is 12.7. The maximum absolute atomic E-state index is 12.2. The summed E-state index contributed by atoms with van der Waals surface area (Å²) in [6.45, 7) is 9.23. The van der Waals surface area contributed by atoms with Crippen LogP contribution in [0.4, 0.5) is 0 Å². The van der Waals surface area contributed by atoms with Crippen molar-refractivity contribution in [3.8, 4) is 0 Å². The van der Waals surface area contributed by atoms with Crippen molar-refractivity contribution in [1.29, 1.82) is 0 Å². The molecule has 4 nitrogen and oxygen atoms in total. The fourth-order valence-electron chi connectivity index (χ4n) is 2.14. The van der Waals surface area contributed by atoms with Crippen molar-refractivity contribution in [2.45, 2.75) is 58.8 Å². The molecule has 0 aromatic carbocycles. The molecule has 1 aliphatic heterocycles. The Hall–Kier alpha value is -0.610. The summed E-state index contributed by atoms with van der Waals surface area (Å²) < 4.78 is 0. The molecule has 1 rings (SSSR count). The van der Waals surface area contributed by atoms with E-state index in [1.807, 2.05) is 20.8 Å². The third kappa shape index (κ3) is 2.74. The molecule has 0 saturated carbocycles. The smallest absolute Gasteiger partial charge is 0.228 e. The molecule has 16 heavy (non-hydrogen) atoms. The molecule has 1 amide bonds. The summed E-state index contributed by atoms with van der Waals surface area (Å²) in [5.74, 6) is -0.0174. The predicted molar refractivity (Wildman–Crippen MR) is 61.9 cm³/mol. The summed E-state index contributed by atoms with van der Waals surface area (Å²) in [6.07, 6.45) is -0.0755. The number of hydrogen-bond donors (Lipinski definition) is 2. The highest BCUT2D eigenvalue weighted by Crippen LogP contribution is 2.31. The van der Waals surface area contributed by atoms with Crippen molar-refractivity contribution >= 4 is 5.91 Å². The first kappa shape index (κ1) is 13.5. The Morgan fingerprint density at radius 3 is 2.12 bits per heavy atom. The number of amides is 1. The fraction of sp³-hybridized carbons (Fsp3) is 0.917. The van der Waals surface area contributed by atoms with Gasteiger partial charge in [-0.05, 0) is 20.3 Å². The third-order valence-corrected chi connectivity index (χ3v) is 3.00. The van der Waals surface area contributed by atoms with E-state index in [-0.39, 0.29) is 11.9 Å². The number of carbonyl (C=O) groups is 1. The number of rotatable bonds is 1. The van der Waals surface area contributed by atoms with Gasteiger partial charge < -0.3 is 15.1 Å². The number of aliphatic hydroxyl groups excluding tert-OH is 1. The Bertz CT molecular complexity index is 275. The van der Waals surface area contributed by atoms with Gasteiger partial charge in [-0.2, -0.15) is 0 Å². The molecule has 0 radical (unpaired) electrons. The van der Waals surface area contributed by atoms with Crippen molar-refractivity contribution in [1.82, 2.24) is 4.90 Å². The second-order valence-corrected chi connectivity index (χ2v) is 6.27. The monoisotopic (exact) mass is 229 g/mol. The molecule has 0 spiro atoms. The predicted octanol–water partition coefficient (Wildman–Crippen LogP) is 0.765. The van der Waals surface area contributed by atoms with Gasteiger partial charge >= 0.3 is 0 Å². The van der Waals surface area contributed by atoms with Crippen LogP contribution < -0.4 is 0 Å². The lowest BCUT2D eigenvalue weighted by molar-refractivity contribution is -0.145. The number of aliphatic hydroxyl groups is 2. The Balaban J connectivity index is 2.91. The highest BCUT2D eigenvalue weighted by Gasteiger charge is 2.44. The van der Waals surface area contributed by atoms with Crippen LogP contribution in [-0.4, -0.2) is 45.3 Å². The maximum atomic E-state index is 12.2. The molecule has 94 valence electrons. The van der Waals surface area contributed by atoms with Crippen LogP contribution in [0.15, 0.2) is 0 Å². The average molecular weight is 229 g/mol. The van der Waals surface area contributed by atoms with Gasteiger partial charge in [0.2, 0.25) is 5.91 Å². The van der Waals surface area contributed by atoms with Crippen molar-refractivity contribution < 1.29 is 15.0 Å².